The van der Waals surface area contributed by atoms with Gasteiger partial charge >= 0.3 is 0 Å². The first-order chi connectivity index (χ1) is 19.7. The predicted molar refractivity (Wildman–Crippen MR) is 156 cm³/mol. The zero-order valence-electron chi connectivity index (χ0n) is 21.4. The van der Waals surface area contributed by atoms with E-state index >= 15 is 0 Å². The Morgan fingerprint density at radius 3 is 2.38 bits per heavy atom. The quantitative estimate of drug-likeness (QED) is 0.242. The number of pyridine rings is 3. The Labute approximate surface area is 229 Å². The second kappa shape index (κ2) is 9.92. The minimum Gasteiger partial charge on any atom is -0.495 e. The number of hydrogen-bond acceptors (Lipinski definition) is 8. The standard InChI is InChI=1S/C32H22N6O2/c1-39-24-17-28-31(35-19-24)29(14-15-33-28)40-23-12-10-22(11-13-23)36-32-26-8-4-3-7-25(26)30(37-38-32)21-16-20-6-2-5-9-27(20)34-18-21/h2-19H,1H3,(H,36,38). The molecule has 40 heavy (non-hydrogen) atoms. The topological polar surface area (TPSA) is 94.9 Å². The molecule has 0 radical (unpaired) electrons. The number of methoxy groups -OCH3 is 1. The molecule has 4 aromatic heterocycles. The Hall–Kier alpha value is -5.63. The molecular weight excluding hydrogens is 500 g/mol. The summed E-state index contributed by atoms with van der Waals surface area (Å²) in [6.07, 6.45) is 5.19. The van der Waals surface area contributed by atoms with Crippen LogP contribution in [0.5, 0.6) is 17.2 Å². The van der Waals surface area contributed by atoms with Crippen LogP contribution in [-0.4, -0.2) is 32.3 Å². The van der Waals surface area contributed by atoms with E-state index < -0.39 is 0 Å². The van der Waals surface area contributed by atoms with E-state index in [1.165, 1.54) is 0 Å². The highest BCUT2D eigenvalue weighted by Gasteiger charge is 2.13. The van der Waals surface area contributed by atoms with Gasteiger partial charge in [0.25, 0.3) is 0 Å². The van der Waals surface area contributed by atoms with Crippen molar-refractivity contribution in [3.63, 3.8) is 0 Å². The van der Waals surface area contributed by atoms with Crippen molar-refractivity contribution in [3.8, 4) is 28.5 Å². The van der Waals surface area contributed by atoms with E-state index in [-0.39, 0.29) is 0 Å². The van der Waals surface area contributed by atoms with Gasteiger partial charge in [-0.3, -0.25) is 9.97 Å². The van der Waals surface area contributed by atoms with E-state index in [0.717, 1.165) is 38.6 Å². The molecule has 7 aromatic rings. The summed E-state index contributed by atoms with van der Waals surface area (Å²) in [4.78, 5) is 13.4. The Kier molecular flexibility index (Phi) is 5.82. The number of fused-ring (bicyclic) bond motifs is 3. The van der Waals surface area contributed by atoms with Gasteiger partial charge in [0.2, 0.25) is 0 Å². The third kappa shape index (κ3) is 4.37. The van der Waals surface area contributed by atoms with Crippen LogP contribution >= 0.6 is 0 Å². The predicted octanol–water partition coefficient (Wildman–Crippen LogP) is 7.33. The first-order valence-corrected chi connectivity index (χ1v) is 12.7. The lowest BCUT2D eigenvalue weighted by molar-refractivity contribution is 0.413. The van der Waals surface area contributed by atoms with Crippen LogP contribution < -0.4 is 14.8 Å². The summed E-state index contributed by atoms with van der Waals surface area (Å²) < 4.78 is 11.4. The van der Waals surface area contributed by atoms with Gasteiger partial charge in [-0.25, -0.2) is 4.98 Å². The average Bonchev–Trinajstić information content (AvgIpc) is 3.02. The Bertz CT molecular complexity index is 2010. The van der Waals surface area contributed by atoms with Gasteiger partial charge < -0.3 is 14.8 Å². The van der Waals surface area contributed by atoms with E-state index in [1.54, 1.807) is 25.6 Å². The maximum absolute atomic E-state index is 6.13. The van der Waals surface area contributed by atoms with Crippen LogP contribution in [0.4, 0.5) is 11.5 Å². The molecule has 0 unspecified atom stereocenters. The minimum absolute atomic E-state index is 0.615. The van der Waals surface area contributed by atoms with Crippen molar-refractivity contribution >= 4 is 44.2 Å². The molecule has 4 heterocycles. The number of aromatic nitrogens is 5. The van der Waals surface area contributed by atoms with E-state index in [9.17, 15) is 0 Å². The van der Waals surface area contributed by atoms with Crippen molar-refractivity contribution in [2.75, 3.05) is 12.4 Å². The van der Waals surface area contributed by atoms with Crippen molar-refractivity contribution in [1.29, 1.82) is 0 Å². The maximum atomic E-state index is 6.13. The van der Waals surface area contributed by atoms with Crippen molar-refractivity contribution in [2.24, 2.45) is 0 Å². The molecule has 8 heteroatoms. The highest BCUT2D eigenvalue weighted by atomic mass is 16.5. The van der Waals surface area contributed by atoms with Crippen LogP contribution in [-0.2, 0) is 0 Å². The minimum atomic E-state index is 0.615. The molecule has 0 aliphatic rings. The number of nitrogens with one attached hydrogen (secondary N) is 1. The molecule has 7 rings (SSSR count). The fraction of sp³-hybridized carbons (Fsp3) is 0.0312. The molecule has 0 atom stereocenters. The summed E-state index contributed by atoms with van der Waals surface area (Å²) in [7, 11) is 1.60. The van der Waals surface area contributed by atoms with Crippen LogP contribution in [0.2, 0.25) is 0 Å². The van der Waals surface area contributed by atoms with Crippen molar-refractivity contribution in [1.82, 2.24) is 25.1 Å². The number of rotatable bonds is 6. The molecule has 0 bridgehead atoms. The molecule has 0 amide bonds. The summed E-state index contributed by atoms with van der Waals surface area (Å²) in [5, 5.41) is 15.6. The third-order valence-corrected chi connectivity index (χ3v) is 6.65. The third-order valence-electron chi connectivity index (χ3n) is 6.65. The molecule has 0 fully saturated rings. The lowest BCUT2D eigenvalue weighted by Gasteiger charge is -2.12. The number of anilines is 2. The smallest absolute Gasteiger partial charge is 0.161 e. The Balaban J connectivity index is 1.16. The second-order valence-electron chi connectivity index (χ2n) is 9.16. The van der Waals surface area contributed by atoms with Gasteiger partial charge in [0, 0.05) is 51.9 Å². The van der Waals surface area contributed by atoms with Crippen molar-refractivity contribution < 1.29 is 9.47 Å². The number of para-hydroxylation sites is 1. The van der Waals surface area contributed by atoms with Gasteiger partial charge in [-0.15, -0.1) is 10.2 Å². The molecule has 0 aliphatic heterocycles. The molecule has 192 valence electrons. The molecular formula is C32H22N6O2. The van der Waals surface area contributed by atoms with Crippen LogP contribution in [0.1, 0.15) is 0 Å². The van der Waals surface area contributed by atoms with Crippen LogP contribution in [0.3, 0.4) is 0 Å². The molecule has 0 aliphatic carbocycles. The monoisotopic (exact) mass is 522 g/mol. The van der Waals surface area contributed by atoms with E-state index in [0.29, 0.717) is 34.1 Å². The van der Waals surface area contributed by atoms with E-state index in [4.69, 9.17) is 9.47 Å². The summed E-state index contributed by atoms with van der Waals surface area (Å²) >= 11 is 0. The summed E-state index contributed by atoms with van der Waals surface area (Å²) in [6, 6.07) is 29.5. The molecule has 3 aromatic carbocycles. The summed E-state index contributed by atoms with van der Waals surface area (Å²) in [6.45, 7) is 0. The van der Waals surface area contributed by atoms with E-state index in [2.05, 4.69) is 48.7 Å². The average molecular weight is 523 g/mol. The SMILES string of the molecule is COc1cnc2c(Oc3ccc(Nc4nnc(-c5cnc6ccccc6c5)c5ccccc45)cc3)ccnc2c1. The van der Waals surface area contributed by atoms with Gasteiger partial charge in [-0.05, 0) is 36.4 Å². The zero-order chi connectivity index (χ0) is 26.9. The molecule has 8 nitrogen and oxygen atoms in total. The summed E-state index contributed by atoms with van der Waals surface area (Å²) in [5.41, 5.74) is 4.88. The molecule has 0 saturated carbocycles. The number of ether oxygens (including phenoxy) is 2. The van der Waals surface area contributed by atoms with Gasteiger partial charge in [-0.1, -0.05) is 42.5 Å². The number of hydrogen-bond donors (Lipinski definition) is 1. The number of nitrogens with zero attached hydrogens (tertiary/aromatic N) is 5. The highest BCUT2D eigenvalue weighted by molar-refractivity contribution is 6.01. The molecule has 1 N–H and O–H groups in total. The molecule has 0 saturated heterocycles. The van der Waals surface area contributed by atoms with Crippen molar-refractivity contribution in [3.05, 3.63) is 110 Å². The van der Waals surface area contributed by atoms with Gasteiger partial charge in [0.05, 0.1) is 24.3 Å². The first kappa shape index (κ1) is 23.5. The largest absolute Gasteiger partial charge is 0.495 e. The summed E-state index contributed by atoms with van der Waals surface area (Å²) in [5.74, 6) is 2.60. The van der Waals surface area contributed by atoms with Crippen LogP contribution in [0.25, 0.3) is 44.0 Å². The van der Waals surface area contributed by atoms with Gasteiger partial charge in [0.1, 0.15) is 22.7 Å². The zero-order valence-corrected chi connectivity index (χ0v) is 21.4. The second-order valence-corrected chi connectivity index (χ2v) is 9.16. The maximum Gasteiger partial charge on any atom is 0.161 e. The van der Waals surface area contributed by atoms with Crippen LogP contribution in [0.15, 0.2) is 110 Å². The lowest BCUT2D eigenvalue weighted by Crippen LogP contribution is -1.99. The number of benzene rings is 3. The highest BCUT2D eigenvalue weighted by Crippen LogP contribution is 2.33. The fourth-order valence-electron chi connectivity index (χ4n) is 4.66. The molecule has 0 spiro atoms. The van der Waals surface area contributed by atoms with Crippen molar-refractivity contribution in [2.45, 2.75) is 0 Å². The lowest BCUT2D eigenvalue weighted by atomic mass is 10.0. The van der Waals surface area contributed by atoms with Gasteiger partial charge in [-0.2, -0.15) is 0 Å². The Morgan fingerprint density at radius 2 is 1.50 bits per heavy atom. The Morgan fingerprint density at radius 1 is 0.675 bits per heavy atom. The van der Waals surface area contributed by atoms with Gasteiger partial charge in [0.15, 0.2) is 11.6 Å². The van der Waals surface area contributed by atoms with E-state index in [1.807, 2.05) is 72.9 Å². The van der Waals surface area contributed by atoms with Crippen LogP contribution in [0, 0.1) is 0 Å². The fourth-order valence-corrected chi connectivity index (χ4v) is 4.66. The first-order valence-electron chi connectivity index (χ1n) is 12.7. The normalized spacial score (nSPS) is 11.1.